The van der Waals surface area contributed by atoms with Gasteiger partial charge in [0.15, 0.2) is 11.6 Å². The number of rotatable bonds is 5. The Hall–Kier alpha value is -2.72. The van der Waals surface area contributed by atoms with Gasteiger partial charge < -0.3 is 19.9 Å². The van der Waals surface area contributed by atoms with E-state index in [0.717, 1.165) is 0 Å². The van der Waals surface area contributed by atoms with Gasteiger partial charge in [-0.25, -0.2) is 9.18 Å². The van der Waals surface area contributed by atoms with Crippen molar-refractivity contribution in [3.63, 3.8) is 0 Å². The number of nitriles is 1. The predicted octanol–water partition coefficient (Wildman–Crippen LogP) is 3.52. The average molecular weight is 381 g/mol. The summed E-state index contributed by atoms with van der Waals surface area (Å²) in [6.45, 7) is 5.12. The minimum absolute atomic E-state index is 0.00118. The van der Waals surface area contributed by atoms with E-state index in [9.17, 15) is 10.1 Å². The second-order valence-corrected chi connectivity index (χ2v) is 5.74. The Labute approximate surface area is 155 Å². The van der Waals surface area contributed by atoms with Crippen molar-refractivity contribution in [2.45, 2.75) is 26.7 Å². The molecular formula is C18H18ClFN2O4. The average Bonchev–Trinajstić information content (AvgIpc) is 2.58. The lowest BCUT2D eigenvalue weighted by atomic mass is 9.82. The van der Waals surface area contributed by atoms with Crippen LogP contribution in [0.25, 0.3) is 0 Å². The first-order chi connectivity index (χ1) is 12.4. The highest BCUT2D eigenvalue weighted by atomic mass is 35.5. The van der Waals surface area contributed by atoms with Crippen LogP contribution in [0.15, 0.2) is 34.9 Å². The van der Waals surface area contributed by atoms with Gasteiger partial charge in [0, 0.05) is 5.56 Å². The van der Waals surface area contributed by atoms with Crippen molar-refractivity contribution in [2.75, 3.05) is 13.2 Å². The van der Waals surface area contributed by atoms with Crippen LogP contribution in [-0.2, 0) is 14.3 Å². The molecule has 0 radical (unpaired) electrons. The van der Waals surface area contributed by atoms with Crippen molar-refractivity contribution < 1.29 is 23.4 Å². The molecule has 8 heteroatoms. The number of carbonyl (C=O) groups is 1. The lowest BCUT2D eigenvalue weighted by molar-refractivity contribution is -0.139. The maximum absolute atomic E-state index is 15.1. The van der Waals surface area contributed by atoms with Gasteiger partial charge in [0.25, 0.3) is 0 Å². The summed E-state index contributed by atoms with van der Waals surface area (Å²) in [5.74, 6) is -2.81. The SMILES string of the molecule is CCOC(=O)C1=C(C)OC(N)=C(C#N)C1c1ccc(Cl)c(OCC)c1F. The molecule has 1 atom stereocenters. The van der Waals surface area contributed by atoms with E-state index in [1.807, 2.05) is 6.07 Å². The molecule has 0 saturated carbocycles. The van der Waals surface area contributed by atoms with Crippen molar-refractivity contribution in [1.29, 1.82) is 5.26 Å². The predicted molar refractivity (Wildman–Crippen MR) is 92.6 cm³/mol. The van der Waals surface area contributed by atoms with Gasteiger partial charge in [-0.3, -0.25) is 0 Å². The van der Waals surface area contributed by atoms with Crippen LogP contribution in [0.3, 0.4) is 0 Å². The van der Waals surface area contributed by atoms with Gasteiger partial charge in [0.2, 0.25) is 5.88 Å². The van der Waals surface area contributed by atoms with Crippen LogP contribution < -0.4 is 10.5 Å². The van der Waals surface area contributed by atoms with E-state index >= 15 is 4.39 Å². The monoisotopic (exact) mass is 380 g/mol. The van der Waals surface area contributed by atoms with Gasteiger partial charge in [-0.1, -0.05) is 17.7 Å². The molecule has 1 aliphatic heterocycles. The third-order valence-electron chi connectivity index (χ3n) is 3.78. The van der Waals surface area contributed by atoms with Crippen molar-refractivity contribution in [1.82, 2.24) is 0 Å². The number of carbonyl (C=O) groups excluding carboxylic acids is 1. The molecule has 1 aromatic rings. The number of ether oxygens (including phenoxy) is 3. The lowest BCUT2D eigenvalue weighted by Gasteiger charge is -2.27. The number of halogens is 2. The lowest BCUT2D eigenvalue weighted by Crippen LogP contribution is -2.26. The summed E-state index contributed by atoms with van der Waals surface area (Å²) in [4.78, 5) is 12.4. The normalized spacial score (nSPS) is 16.8. The van der Waals surface area contributed by atoms with E-state index in [-0.39, 0.29) is 52.3 Å². The standard InChI is InChI=1S/C18H18ClFN2O4/c1-4-24-16-12(19)7-6-10(15(16)20)14-11(8-21)17(22)26-9(3)13(14)18(23)25-5-2/h6-7,14H,4-5,22H2,1-3H3. The Morgan fingerprint density at radius 1 is 1.42 bits per heavy atom. The number of hydrogen-bond acceptors (Lipinski definition) is 6. The van der Waals surface area contributed by atoms with Gasteiger partial charge >= 0.3 is 5.97 Å². The Morgan fingerprint density at radius 2 is 2.12 bits per heavy atom. The molecule has 0 aliphatic carbocycles. The van der Waals surface area contributed by atoms with E-state index in [1.54, 1.807) is 13.8 Å². The Kier molecular flexibility index (Phi) is 6.11. The molecule has 0 amide bonds. The summed E-state index contributed by atoms with van der Waals surface area (Å²) in [6.07, 6.45) is 0. The molecule has 6 nitrogen and oxygen atoms in total. The number of nitrogens with two attached hydrogens (primary N) is 1. The Morgan fingerprint density at radius 3 is 2.69 bits per heavy atom. The smallest absolute Gasteiger partial charge is 0.338 e. The first kappa shape index (κ1) is 19.6. The van der Waals surface area contributed by atoms with E-state index in [4.69, 9.17) is 31.5 Å². The summed E-state index contributed by atoms with van der Waals surface area (Å²) < 4.78 is 30.7. The zero-order chi connectivity index (χ0) is 19.4. The molecule has 0 spiro atoms. The molecule has 1 aromatic carbocycles. The molecule has 0 aromatic heterocycles. The van der Waals surface area contributed by atoms with Crippen molar-refractivity contribution >= 4 is 17.6 Å². The second kappa shape index (κ2) is 8.11. The first-order valence-corrected chi connectivity index (χ1v) is 8.31. The molecule has 2 rings (SSSR count). The van der Waals surface area contributed by atoms with E-state index < -0.39 is 17.7 Å². The molecular weight excluding hydrogens is 363 g/mol. The highest BCUT2D eigenvalue weighted by molar-refractivity contribution is 6.32. The Bertz CT molecular complexity index is 842. The quantitative estimate of drug-likeness (QED) is 0.785. The van der Waals surface area contributed by atoms with Crippen LogP contribution in [-0.4, -0.2) is 19.2 Å². The molecule has 2 N–H and O–H groups in total. The molecule has 138 valence electrons. The van der Waals surface area contributed by atoms with Crippen LogP contribution in [0.5, 0.6) is 5.75 Å². The molecule has 0 saturated heterocycles. The fourth-order valence-corrected chi connectivity index (χ4v) is 2.91. The number of nitrogens with zero attached hydrogens (tertiary/aromatic N) is 1. The summed E-state index contributed by atoms with van der Waals surface area (Å²) in [7, 11) is 0. The third kappa shape index (κ3) is 3.46. The van der Waals surface area contributed by atoms with Crippen LogP contribution in [0.1, 0.15) is 32.3 Å². The zero-order valence-electron chi connectivity index (χ0n) is 14.6. The van der Waals surface area contributed by atoms with Gasteiger partial charge in [0.1, 0.15) is 17.4 Å². The first-order valence-electron chi connectivity index (χ1n) is 7.93. The van der Waals surface area contributed by atoms with Gasteiger partial charge in [-0.2, -0.15) is 5.26 Å². The van der Waals surface area contributed by atoms with Gasteiger partial charge in [0.05, 0.1) is 29.7 Å². The highest BCUT2D eigenvalue weighted by Gasteiger charge is 2.38. The molecule has 0 fully saturated rings. The van der Waals surface area contributed by atoms with Crippen LogP contribution >= 0.6 is 11.6 Å². The van der Waals surface area contributed by atoms with Gasteiger partial charge in [-0.05, 0) is 26.8 Å². The minimum Gasteiger partial charge on any atom is -0.489 e. The van der Waals surface area contributed by atoms with Crippen molar-refractivity contribution in [2.24, 2.45) is 5.73 Å². The van der Waals surface area contributed by atoms with E-state index in [1.165, 1.54) is 19.1 Å². The fraction of sp³-hybridized carbons (Fsp3) is 0.333. The largest absolute Gasteiger partial charge is 0.489 e. The number of allylic oxidation sites excluding steroid dienone is 2. The number of benzene rings is 1. The van der Waals surface area contributed by atoms with Crippen LogP contribution in [0.4, 0.5) is 4.39 Å². The molecule has 1 heterocycles. The second-order valence-electron chi connectivity index (χ2n) is 5.33. The molecule has 0 bridgehead atoms. The van der Waals surface area contributed by atoms with Crippen LogP contribution in [0.2, 0.25) is 5.02 Å². The Balaban J connectivity index is 2.72. The number of hydrogen-bond donors (Lipinski definition) is 1. The zero-order valence-corrected chi connectivity index (χ0v) is 15.3. The molecule has 1 unspecified atom stereocenters. The highest BCUT2D eigenvalue weighted by Crippen LogP contribution is 2.43. The molecule has 1 aliphatic rings. The maximum Gasteiger partial charge on any atom is 0.338 e. The van der Waals surface area contributed by atoms with E-state index in [2.05, 4.69) is 0 Å². The van der Waals surface area contributed by atoms with Crippen molar-refractivity contribution in [3.05, 3.63) is 51.3 Å². The summed E-state index contributed by atoms with van der Waals surface area (Å²) in [6, 6.07) is 4.71. The van der Waals surface area contributed by atoms with Crippen LogP contribution in [0, 0.1) is 17.1 Å². The molecule has 26 heavy (non-hydrogen) atoms. The van der Waals surface area contributed by atoms with Gasteiger partial charge in [-0.15, -0.1) is 0 Å². The van der Waals surface area contributed by atoms with Crippen molar-refractivity contribution in [3.8, 4) is 11.8 Å². The summed E-state index contributed by atoms with van der Waals surface area (Å²) in [5.41, 5.74) is 5.71. The minimum atomic E-state index is -1.09. The third-order valence-corrected chi connectivity index (χ3v) is 4.08. The topological polar surface area (TPSA) is 94.6 Å². The maximum atomic E-state index is 15.1. The number of esters is 1. The summed E-state index contributed by atoms with van der Waals surface area (Å²) in [5, 5.41) is 9.58. The van der Waals surface area contributed by atoms with E-state index in [0.29, 0.717) is 0 Å². The fourth-order valence-electron chi connectivity index (χ4n) is 2.71. The summed E-state index contributed by atoms with van der Waals surface area (Å²) >= 11 is 6.00.